The summed E-state index contributed by atoms with van der Waals surface area (Å²) in [5, 5.41) is 14.4. The highest BCUT2D eigenvalue weighted by Gasteiger charge is 2.15. The summed E-state index contributed by atoms with van der Waals surface area (Å²) in [6.07, 6.45) is 2.05. The number of para-hydroxylation sites is 1. The summed E-state index contributed by atoms with van der Waals surface area (Å²) < 4.78 is 7.14. The molecule has 1 atom stereocenters. The van der Waals surface area contributed by atoms with E-state index in [1.165, 1.54) is 6.33 Å². The second-order valence-electron chi connectivity index (χ2n) is 5.09. The first kappa shape index (κ1) is 14.5. The third-order valence-electron chi connectivity index (χ3n) is 3.20. The van der Waals surface area contributed by atoms with Crippen molar-refractivity contribution in [2.75, 3.05) is 7.11 Å². The molecule has 0 radical (unpaired) electrons. The minimum Gasteiger partial charge on any atom is -0.496 e. The highest BCUT2D eigenvalue weighted by molar-refractivity contribution is 5.33. The Morgan fingerprint density at radius 2 is 2.00 bits per heavy atom. The number of aliphatic hydroxyl groups excluding tert-OH is 1. The Labute approximate surface area is 119 Å². The molecule has 1 N–H and O–H groups in total. The Morgan fingerprint density at radius 1 is 1.25 bits per heavy atom. The molecular formula is C15H21N3O2. The van der Waals surface area contributed by atoms with E-state index in [1.54, 1.807) is 7.11 Å². The minimum absolute atomic E-state index is 0.242. The first-order valence-electron chi connectivity index (χ1n) is 6.80. The van der Waals surface area contributed by atoms with Gasteiger partial charge in [-0.15, -0.1) is 0 Å². The standard InChI is InChI=1S/C15H21N3O2/c1-11(2)18-15(16-10-17-18)9-13(19)8-12-6-4-5-7-14(12)20-3/h4-7,10-11,13,19H,8-9H2,1-3H3. The van der Waals surface area contributed by atoms with Gasteiger partial charge in [0, 0.05) is 18.9 Å². The van der Waals surface area contributed by atoms with E-state index in [1.807, 2.05) is 42.8 Å². The van der Waals surface area contributed by atoms with Gasteiger partial charge in [0.2, 0.25) is 0 Å². The van der Waals surface area contributed by atoms with Crippen LogP contribution in [0.2, 0.25) is 0 Å². The van der Waals surface area contributed by atoms with E-state index >= 15 is 0 Å². The largest absolute Gasteiger partial charge is 0.496 e. The maximum absolute atomic E-state index is 10.3. The van der Waals surface area contributed by atoms with Crippen molar-refractivity contribution in [3.8, 4) is 5.75 Å². The van der Waals surface area contributed by atoms with E-state index in [-0.39, 0.29) is 6.04 Å². The van der Waals surface area contributed by atoms with Crippen LogP contribution in [0.25, 0.3) is 0 Å². The molecular weight excluding hydrogens is 254 g/mol. The van der Waals surface area contributed by atoms with Crippen molar-refractivity contribution in [2.24, 2.45) is 0 Å². The van der Waals surface area contributed by atoms with Crippen LogP contribution in [0.15, 0.2) is 30.6 Å². The van der Waals surface area contributed by atoms with E-state index in [9.17, 15) is 5.11 Å². The maximum atomic E-state index is 10.3. The van der Waals surface area contributed by atoms with Crippen LogP contribution in [0, 0.1) is 0 Å². The number of ether oxygens (including phenoxy) is 1. The molecule has 0 amide bonds. The molecule has 0 saturated carbocycles. The normalized spacial score (nSPS) is 12.7. The van der Waals surface area contributed by atoms with Gasteiger partial charge in [-0.2, -0.15) is 5.10 Å². The zero-order valence-corrected chi connectivity index (χ0v) is 12.2. The molecule has 1 aromatic heterocycles. The van der Waals surface area contributed by atoms with Gasteiger partial charge in [-0.1, -0.05) is 18.2 Å². The number of nitrogens with zero attached hydrogens (tertiary/aromatic N) is 3. The van der Waals surface area contributed by atoms with Gasteiger partial charge in [0.1, 0.15) is 17.9 Å². The molecule has 5 nitrogen and oxygen atoms in total. The predicted octanol–water partition coefficient (Wildman–Crippen LogP) is 2.01. The molecule has 0 bridgehead atoms. The van der Waals surface area contributed by atoms with Gasteiger partial charge >= 0.3 is 0 Å². The van der Waals surface area contributed by atoms with Gasteiger partial charge in [0.05, 0.1) is 13.2 Å². The third kappa shape index (κ3) is 3.36. The number of hydrogen-bond donors (Lipinski definition) is 1. The molecule has 1 aromatic carbocycles. The Morgan fingerprint density at radius 3 is 2.70 bits per heavy atom. The monoisotopic (exact) mass is 275 g/mol. The van der Waals surface area contributed by atoms with Crippen LogP contribution < -0.4 is 4.74 Å². The summed E-state index contributed by atoms with van der Waals surface area (Å²) in [4.78, 5) is 4.22. The van der Waals surface area contributed by atoms with Gasteiger partial charge in [-0.25, -0.2) is 9.67 Å². The molecule has 2 aromatic rings. The number of methoxy groups -OCH3 is 1. The molecule has 1 heterocycles. The van der Waals surface area contributed by atoms with Crippen LogP contribution in [-0.2, 0) is 12.8 Å². The zero-order chi connectivity index (χ0) is 14.5. The Bertz CT molecular complexity index is 552. The fourth-order valence-electron chi connectivity index (χ4n) is 2.26. The lowest BCUT2D eigenvalue weighted by molar-refractivity contribution is 0.169. The summed E-state index contributed by atoms with van der Waals surface area (Å²) in [6.45, 7) is 4.09. The lowest BCUT2D eigenvalue weighted by Gasteiger charge is -2.14. The molecule has 0 aliphatic rings. The molecule has 20 heavy (non-hydrogen) atoms. The molecule has 0 fully saturated rings. The maximum Gasteiger partial charge on any atom is 0.138 e. The van der Waals surface area contributed by atoms with E-state index in [0.29, 0.717) is 12.8 Å². The van der Waals surface area contributed by atoms with Crippen LogP contribution in [0.5, 0.6) is 5.75 Å². The van der Waals surface area contributed by atoms with Gasteiger partial charge in [0.25, 0.3) is 0 Å². The fraction of sp³-hybridized carbons (Fsp3) is 0.467. The Balaban J connectivity index is 2.05. The molecule has 2 rings (SSSR count). The Hall–Kier alpha value is -1.88. The quantitative estimate of drug-likeness (QED) is 0.876. The van der Waals surface area contributed by atoms with Crippen molar-refractivity contribution in [1.29, 1.82) is 0 Å². The first-order chi connectivity index (χ1) is 9.61. The van der Waals surface area contributed by atoms with Crippen LogP contribution in [0.4, 0.5) is 0 Å². The summed E-state index contributed by atoms with van der Waals surface area (Å²) in [6, 6.07) is 7.98. The van der Waals surface area contributed by atoms with Crippen molar-refractivity contribution >= 4 is 0 Å². The van der Waals surface area contributed by atoms with Crippen molar-refractivity contribution in [3.63, 3.8) is 0 Å². The molecule has 0 spiro atoms. The summed E-state index contributed by atoms with van der Waals surface area (Å²) in [5.74, 6) is 1.61. The van der Waals surface area contributed by atoms with Crippen molar-refractivity contribution in [1.82, 2.24) is 14.8 Å². The Kier molecular flexibility index (Phi) is 4.74. The molecule has 108 valence electrons. The summed E-state index contributed by atoms with van der Waals surface area (Å²) in [5.41, 5.74) is 0.998. The number of rotatable bonds is 6. The number of aromatic nitrogens is 3. The number of aliphatic hydroxyl groups is 1. The van der Waals surface area contributed by atoms with Crippen LogP contribution >= 0.6 is 0 Å². The summed E-state index contributed by atoms with van der Waals surface area (Å²) >= 11 is 0. The smallest absolute Gasteiger partial charge is 0.138 e. The van der Waals surface area contributed by atoms with Gasteiger partial charge in [0.15, 0.2) is 0 Å². The van der Waals surface area contributed by atoms with Crippen LogP contribution in [0.1, 0.15) is 31.3 Å². The topological polar surface area (TPSA) is 60.2 Å². The second kappa shape index (κ2) is 6.52. The SMILES string of the molecule is COc1ccccc1CC(O)Cc1ncnn1C(C)C. The number of hydrogen-bond acceptors (Lipinski definition) is 4. The van der Waals surface area contributed by atoms with E-state index in [2.05, 4.69) is 10.1 Å². The second-order valence-corrected chi connectivity index (χ2v) is 5.09. The minimum atomic E-state index is -0.506. The lowest BCUT2D eigenvalue weighted by atomic mass is 10.0. The van der Waals surface area contributed by atoms with Crippen LogP contribution in [-0.4, -0.2) is 33.1 Å². The molecule has 0 aliphatic carbocycles. The fourth-order valence-corrected chi connectivity index (χ4v) is 2.26. The van der Waals surface area contributed by atoms with Crippen molar-refractivity contribution in [2.45, 2.75) is 38.8 Å². The third-order valence-corrected chi connectivity index (χ3v) is 3.20. The molecule has 5 heteroatoms. The average Bonchev–Trinajstić information content (AvgIpc) is 2.87. The van der Waals surface area contributed by atoms with Crippen LogP contribution in [0.3, 0.4) is 0 Å². The van der Waals surface area contributed by atoms with Gasteiger partial charge in [-0.05, 0) is 25.5 Å². The highest BCUT2D eigenvalue weighted by Crippen LogP contribution is 2.20. The van der Waals surface area contributed by atoms with Gasteiger partial charge in [-0.3, -0.25) is 0 Å². The summed E-state index contributed by atoms with van der Waals surface area (Å²) in [7, 11) is 1.64. The zero-order valence-electron chi connectivity index (χ0n) is 12.2. The first-order valence-corrected chi connectivity index (χ1v) is 6.80. The van der Waals surface area contributed by atoms with E-state index in [4.69, 9.17) is 4.74 Å². The molecule has 1 unspecified atom stereocenters. The van der Waals surface area contributed by atoms with Crippen molar-refractivity contribution < 1.29 is 9.84 Å². The average molecular weight is 275 g/mol. The van der Waals surface area contributed by atoms with Crippen molar-refractivity contribution in [3.05, 3.63) is 42.0 Å². The lowest BCUT2D eigenvalue weighted by Crippen LogP contribution is -2.19. The molecule has 0 saturated heterocycles. The van der Waals surface area contributed by atoms with E-state index < -0.39 is 6.10 Å². The predicted molar refractivity (Wildman–Crippen MR) is 76.8 cm³/mol. The van der Waals surface area contributed by atoms with E-state index in [0.717, 1.165) is 17.1 Å². The molecule has 0 aliphatic heterocycles. The number of benzene rings is 1. The highest BCUT2D eigenvalue weighted by atomic mass is 16.5. The van der Waals surface area contributed by atoms with Gasteiger partial charge < -0.3 is 9.84 Å².